The average molecular weight is 232 g/mol. The van der Waals surface area contributed by atoms with Crippen molar-refractivity contribution in [3.8, 4) is 0 Å². The summed E-state index contributed by atoms with van der Waals surface area (Å²) in [6.07, 6.45) is 2.51. The Hall–Kier alpha value is -1.15. The molecule has 0 aromatic heterocycles. The van der Waals surface area contributed by atoms with Crippen molar-refractivity contribution in [3.05, 3.63) is 35.9 Å². The van der Waals surface area contributed by atoms with Crippen LogP contribution in [0.5, 0.6) is 0 Å². The van der Waals surface area contributed by atoms with E-state index in [9.17, 15) is 4.79 Å². The topological polar surface area (TPSA) is 26.3 Å². The Kier molecular flexibility index (Phi) is 3.63. The first-order valence-electron chi connectivity index (χ1n) is 6.31. The van der Waals surface area contributed by atoms with Crippen LogP contribution in [0.1, 0.15) is 38.7 Å². The van der Waals surface area contributed by atoms with Crippen molar-refractivity contribution in [3.63, 3.8) is 0 Å². The van der Waals surface area contributed by atoms with Crippen molar-refractivity contribution < 1.29 is 9.53 Å². The van der Waals surface area contributed by atoms with Gasteiger partial charge in [-0.05, 0) is 31.2 Å². The van der Waals surface area contributed by atoms with Crippen LogP contribution in [0.25, 0.3) is 0 Å². The molecule has 0 bridgehead atoms. The average Bonchev–Trinajstić information content (AvgIpc) is 2.33. The number of ether oxygens (including phenoxy) is 1. The van der Waals surface area contributed by atoms with E-state index in [0.29, 0.717) is 18.9 Å². The maximum atomic E-state index is 12.0. The summed E-state index contributed by atoms with van der Waals surface area (Å²) in [6.45, 7) is 4.65. The quantitative estimate of drug-likeness (QED) is 0.798. The summed E-state index contributed by atoms with van der Waals surface area (Å²) < 4.78 is 5.89. The van der Waals surface area contributed by atoms with Gasteiger partial charge in [0.05, 0.1) is 6.61 Å². The summed E-state index contributed by atoms with van der Waals surface area (Å²) in [5.41, 5.74) is 0.549. The van der Waals surface area contributed by atoms with E-state index in [1.54, 1.807) is 0 Å². The highest BCUT2D eigenvalue weighted by Gasteiger charge is 2.38. The highest BCUT2D eigenvalue weighted by molar-refractivity contribution is 5.87. The van der Waals surface area contributed by atoms with Crippen LogP contribution in [0, 0.1) is 5.92 Å². The van der Waals surface area contributed by atoms with Gasteiger partial charge in [0.1, 0.15) is 5.60 Å². The summed E-state index contributed by atoms with van der Waals surface area (Å²) in [5, 5.41) is 0. The van der Waals surface area contributed by atoms with Crippen molar-refractivity contribution in [2.75, 3.05) is 0 Å². The van der Waals surface area contributed by atoms with Gasteiger partial charge in [-0.15, -0.1) is 0 Å². The number of carbonyl (C=O) groups is 1. The first-order valence-corrected chi connectivity index (χ1v) is 6.31. The highest BCUT2D eigenvalue weighted by atomic mass is 16.5. The summed E-state index contributed by atoms with van der Waals surface area (Å²) >= 11 is 0. The molecule has 0 saturated heterocycles. The fraction of sp³-hybridized carbons (Fsp3) is 0.533. The fourth-order valence-corrected chi connectivity index (χ4v) is 2.48. The van der Waals surface area contributed by atoms with Gasteiger partial charge in [-0.1, -0.05) is 37.3 Å². The van der Waals surface area contributed by atoms with Gasteiger partial charge in [0.15, 0.2) is 5.78 Å². The number of hydrogen-bond acceptors (Lipinski definition) is 2. The smallest absolute Gasteiger partial charge is 0.164 e. The van der Waals surface area contributed by atoms with Crippen LogP contribution < -0.4 is 0 Å². The molecule has 1 aliphatic rings. The molecule has 0 heterocycles. The second kappa shape index (κ2) is 5.01. The standard InChI is InChI=1S/C15H20O2/c1-12-8-9-14(16)15(2,10-12)17-11-13-6-4-3-5-7-13/h3-7,12H,8-11H2,1-2H3. The zero-order valence-corrected chi connectivity index (χ0v) is 10.6. The maximum Gasteiger partial charge on any atom is 0.164 e. The number of carbonyl (C=O) groups excluding carboxylic acids is 1. The first kappa shape index (κ1) is 12.3. The monoisotopic (exact) mass is 232 g/mol. The lowest BCUT2D eigenvalue weighted by Crippen LogP contribution is -2.43. The van der Waals surface area contributed by atoms with Crippen molar-refractivity contribution in [1.29, 1.82) is 0 Å². The summed E-state index contributed by atoms with van der Waals surface area (Å²) in [4.78, 5) is 12.0. The zero-order valence-electron chi connectivity index (χ0n) is 10.6. The molecule has 0 aliphatic heterocycles. The minimum Gasteiger partial charge on any atom is -0.363 e. The molecular formula is C15H20O2. The molecule has 2 unspecified atom stereocenters. The molecule has 0 N–H and O–H groups in total. The van der Waals surface area contributed by atoms with E-state index in [1.807, 2.05) is 37.3 Å². The van der Waals surface area contributed by atoms with E-state index in [2.05, 4.69) is 6.92 Å². The molecule has 0 amide bonds. The van der Waals surface area contributed by atoms with E-state index < -0.39 is 5.60 Å². The highest BCUT2D eigenvalue weighted by Crippen LogP contribution is 2.32. The molecule has 1 aromatic carbocycles. The molecule has 1 aromatic rings. The Balaban J connectivity index is 1.99. The minimum atomic E-state index is -0.576. The van der Waals surface area contributed by atoms with Crippen LogP contribution in [0.2, 0.25) is 0 Å². The molecule has 2 heteroatoms. The lowest BCUT2D eigenvalue weighted by molar-refractivity contribution is -0.151. The maximum absolute atomic E-state index is 12.0. The normalized spacial score (nSPS) is 29.3. The summed E-state index contributed by atoms with van der Waals surface area (Å²) in [6, 6.07) is 10.0. The number of ketones is 1. The SMILES string of the molecule is CC1CCC(=O)C(C)(OCc2ccccc2)C1. The van der Waals surface area contributed by atoms with Gasteiger partial charge in [0, 0.05) is 6.42 Å². The van der Waals surface area contributed by atoms with Crippen LogP contribution in [-0.2, 0) is 16.1 Å². The molecule has 17 heavy (non-hydrogen) atoms. The van der Waals surface area contributed by atoms with E-state index >= 15 is 0 Å². The predicted molar refractivity (Wildman–Crippen MR) is 67.7 cm³/mol. The molecule has 2 nitrogen and oxygen atoms in total. The molecular weight excluding hydrogens is 212 g/mol. The van der Waals surface area contributed by atoms with Gasteiger partial charge < -0.3 is 4.74 Å². The number of hydrogen-bond donors (Lipinski definition) is 0. The largest absolute Gasteiger partial charge is 0.363 e. The Morgan fingerprint density at radius 1 is 1.35 bits per heavy atom. The lowest BCUT2D eigenvalue weighted by atomic mass is 9.79. The Morgan fingerprint density at radius 2 is 2.06 bits per heavy atom. The summed E-state index contributed by atoms with van der Waals surface area (Å²) in [5.74, 6) is 0.833. The second-order valence-electron chi connectivity index (χ2n) is 5.28. The number of rotatable bonds is 3. The third kappa shape index (κ3) is 2.95. The Labute approximate surface area is 103 Å². The zero-order chi connectivity index (χ0) is 12.3. The number of benzene rings is 1. The summed E-state index contributed by atoms with van der Waals surface area (Å²) in [7, 11) is 0. The van der Waals surface area contributed by atoms with Crippen molar-refractivity contribution in [1.82, 2.24) is 0 Å². The van der Waals surface area contributed by atoms with E-state index in [4.69, 9.17) is 4.74 Å². The van der Waals surface area contributed by atoms with E-state index in [0.717, 1.165) is 18.4 Å². The van der Waals surface area contributed by atoms with Crippen LogP contribution in [0.15, 0.2) is 30.3 Å². The van der Waals surface area contributed by atoms with Crippen LogP contribution in [0.3, 0.4) is 0 Å². The molecule has 0 spiro atoms. The number of Topliss-reactive ketones (excluding diaryl/α,β-unsaturated/α-hetero) is 1. The van der Waals surface area contributed by atoms with Crippen LogP contribution in [0.4, 0.5) is 0 Å². The van der Waals surface area contributed by atoms with E-state index in [1.165, 1.54) is 0 Å². The van der Waals surface area contributed by atoms with Gasteiger partial charge in [-0.3, -0.25) is 4.79 Å². The van der Waals surface area contributed by atoms with Gasteiger partial charge >= 0.3 is 0 Å². The lowest BCUT2D eigenvalue weighted by Gasteiger charge is -2.35. The second-order valence-corrected chi connectivity index (χ2v) is 5.28. The molecule has 92 valence electrons. The third-order valence-electron chi connectivity index (χ3n) is 3.59. The van der Waals surface area contributed by atoms with E-state index in [-0.39, 0.29) is 5.78 Å². The third-order valence-corrected chi connectivity index (χ3v) is 3.59. The van der Waals surface area contributed by atoms with Crippen LogP contribution in [-0.4, -0.2) is 11.4 Å². The minimum absolute atomic E-state index is 0.256. The fourth-order valence-electron chi connectivity index (χ4n) is 2.48. The van der Waals surface area contributed by atoms with Crippen molar-refractivity contribution in [2.24, 2.45) is 5.92 Å². The Morgan fingerprint density at radius 3 is 2.76 bits per heavy atom. The van der Waals surface area contributed by atoms with Crippen LogP contribution >= 0.6 is 0 Å². The van der Waals surface area contributed by atoms with Gasteiger partial charge in [0.2, 0.25) is 0 Å². The van der Waals surface area contributed by atoms with Gasteiger partial charge in [-0.2, -0.15) is 0 Å². The van der Waals surface area contributed by atoms with Gasteiger partial charge in [-0.25, -0.2) is 0 Å². The molecule has 1 aliphatic carbocycles. The first-order chi connectivity index (χ1) is 8.10. The van der Waals surface area contributed by atoms with Crippen molar-refractivity contribution >= 4 is 5.78 Å². The molecule has 0 radical (unpaired) electrons. The van der Waals surface area contributed by atoms with Crippen molar-refractivity contribution in [2.45, 2.75) is 45.3 Å². The molecule has 2 atom stereocenters. The molecule has 1 saturated carbocycles. The molecule has 2 rings (SSSR count). The predicted octanol–water partition coefficient (Wildman–Crippen LogP) is 3.35. The van der Waals surface area contributed by atoms with Gasteiger partial charge in [0.25, 0.3) is 0 Å². The Bertz CT molecular complexity index is 385. The molecule has 1 fully saturated rings.